The van der Waals surface area contributed by atoms with Crippen LogP contribution >= 0.6 is 0 Å². The quantitative estimate of drug-likeness (QED) is 0.574. The Hall–Kier alpha value is -3.68. The van der Waals surface area contributed by atoms with Crippen molar-refractivity contribution in [2.75, 3.05) is 23.7 Å². The van der Waals surface area contributed by atoms with Crippen molar-refractivity contribution < 1.29 is 19.2 Å². The summed E-state index contributed by atoms with van der Waals surface area (Å²) in [5, 5.41) is 8.41. The second-order valence-electron chi connectivity index (χ2n) is 8.36. The molecular weight excluding hydrogens is 420 g/mol. The number of likely N-dealkylation sites (tertiary alicyclic amines) is 1. The molecule has 4 amide bonds. The molecule has 0 aliphatic carbocycles. The third-order valence-electron chi connectivity index (χ3n) is 5.52. The average Bonchev–Trinajstić information content (AvgIpc) is 3.20. The molecule has 1 fully saturated rings. The smallest absolute Gasteiger partial charge is 0.255 e. The lowest BCUT2D eigenvalue weighted by atomic mass is 10.1. The minimum atomic E-state index is -0.391. The maximum atomic E-state index is 12.7. The van der Waals surface area contributed by atoms with Crippen molar-refractivity contribution in [3.05, 3.63) is 59.7 Å². The lowest BCUT2D eigenvalue weighted by Crippen LogP contribution is -2.33. The van der Waals surface area contributed by atoms with Crippen LogP contribution in [0, 0.1) is 5.92 Å². The van der Waals surface area contributed by atoms with Gasteiger partial charge in [0.15, 0.2) is 0 Å². The van der Waals surface area contributed by atoms with Crippen LogP contribution < -0.4 is 16.0 Å². The van der Waals surface area contributed by atoms with Gasteiger partial charge in [0.2, 0.25) is 11.8 Å². The molecule has 3 N–H and O–H groups in total. The normalized spacial score (nSPS) is 15.5. The molecule has 33 heavy (non-hydrogen) atoms. The van der Waals surface area contributed by atoms with Crippen LogP contribution in [0.3, 0.4) is 0 Å². The number of carbonyl (C=O) groups is 4. The molecule has 1 saturated heterocycles. The Labute approximate surface area is 193 Å². The Morgan fingerprint density at radius 1 is 1.00 bits per heavy atom. The first kappa shape index (κ1) is 24.0. The summed E-state index contributed by atoms with van der Waals surface area (Å²) >= 11 is 0. The van der Waals surface area contributed by atoms with Gasteiger partial charge in [-0.05, 0) is 56.7 Å². The van der Waals surface area contributed by atoms with E-state index in [1.807, 2.05) is 20.8 Å². The maximum absolute atomic E-state index is 12.7. The van der Waals surface area contributed by atoms with Crippen LogP contribution in [0.1, 0.15) is 54.3 Å². The molecule has 0 bridgehead atoms. The lowest BCUT2D eigenvalue weighted by molar-refractivity contribution is -0.129. The fourth-order valence-corrected chi connectivity index (χ4v) is 3.67. The number of amides is 4. The van der Waals surface area contributed by atoms with Gasteiger partial charge in [0.1, 0.15) is 0 Å². The third kappa shape index (κ3) is 5.97. The van der Waals surface area contributed by atoms with Gasteiger partial charge in [0, 0.05) is 36.8 Å². The summed E-state index contributed by atoms with van der Waals surface area (Å²) in [6.07, 6.45) is 1.02. The SMILES string of the molecule is CCCNC(=O)c1ccccc1NC(=O)c1ccc(NC(=O)C2CC(=O)N(C(C)C)C2)cc1. The lowest BCUT2D eigenvalue weighted by Gasteiger charge is -2.20. The molecule has 174 valence electrons. The van der Waals surface area contributed by atoms with E-state index < -0.39 is 5.92 Å². The zero-order valence-electron chi connectivity index (χ0n) is 19.2. The van der Waals surface area contributed by atoms with Gasteiger partial charge in [-0.2, -0.15) is 0 Å². The molecule has 1 aliphatic rings. The highest BCUT2D eigenvalue weighted by atomic mass is 16.2. The van der Waals surface area contributed by atoms with Gasteiger partial charge < -0.3 is 20.9 Å². The van der Waals surface area contributed by atoms with Gasteiger partial charge >= 0.3 is 0 Å². The average molecular weight is 451 g/mol. The first-order valence-corrected chi connectivity index (χ1v) is 11.2. The number of para-hydroxylation sites is 1. The third-order valence-corrected chi connectivity index (χ3v) is 5.52. The first-order chi connectivity index (χ1) is 15.8. The molecule has 0 saturated carbocycles. The first-order valence-electron chi connectivity index (χ1n) is 11.2. The fourth-order valence-electron chi connectivity index (χ4n) is 3.67. The topological polar surface area (TPSA) is 108 Å². The van der Waals surface area contributed by atoms with Crippen LogP contribution in [0.5, 0.6) is 0 Å². The van der Waals surface area contributed by atoms with E-state index in [2.05, 4.69) is 16.0 Å². The monoisotopic (exact) mass is 450 g/mol. The van der Waals surface area contributed by atoms with Gasteiger partial charge in [-0.1, -0.05) is 19.1 Å². The van der Waals surface area contributed by atoms with Crippen LogP contribution in [0.2, 0.25) is 0 Å². The Morgan fingerprint density at radius 3 is 2.33 bits per heavy atom. The molecule has 2 aromatic rings. The van der Waals surface area contributed by atoms with Gasteiger partial charge in [0.25, 0.3) is 11.8 Å². The van der Waals surface area contributed by atoms with Crippen molar-refractivity contribution >= 4 is 35.0 Å². The van der Waals surface area contributed by atoms with E-state index >= 15 is 0 Å². The van der Waals surface area contributed by atoms with Gasteiger partial charge in [-0.25, -0.2) is 0 Å². The summed E-state index contributed by atoms with van der Waals surface area (Å²) < 4.78 is 0. The predicted molar refractivity (Wildman–Crippen MR) is 127 cm³/mol. The van der Waals surface area contributed by atoms with E-state index in [9.17, 15) is 19.2 Å². The van der Waals surface area contributed by atoms with Crippen molar-refractivity contribution in [3.63, 3.8) is 0 Å². The molecule has 3 rings (SSSR count). The number of benzene rings is 2. The Bertz CT molecular complexity index is 1030. The number of carbonyl (C=O) groups excluding carboxylic acids is 4. The Kier molecular flexibility index (Phi) is 7.82. The molecule has 1 heterocycles. The van der Waals surface area contributed by atoms with Gasteiger partial charge in [-0.15, -0.1) is 0 Å². The minimum Gasteiger partial charge on any atom is -0.352 e. The zero-order chi connectivity index (χ0) is 24.0. The number of rotatable bonds is 8. The highest BCUT2D eigenvalue weighted by molar-refractivity contribution is 6.09. The van der Waals surface area contributed by atoms with E-state index in [0.717, 1.165) is 6.42 Å². The number of hydrogen-bond donors (Lipinski definition) is 3. The van der Waals surface area contributed by atoms with Gasteiger partial charge in [0.05, 0.1) is 17.2 Å². The van der Waals surface area contributed by atoms with Crippen molar-refractivity contribution in [3.8, 4) is 0 Å². The molecule has 1 aliphatic heterocycles. The van der Waals surface area contributed by atoms with E-state index in [-0.39, 0.29) is 36.1 Å². The standard InChI is InChI=1S/C25H30N4O4/c1-4-13-26-25(33)20-7-5-6-8-21(20)28-23(31)17-9-11-19(12-10-17)27-24(32)18-14-22(30)29(15-18)16(2)3/h5-12,16,18H,4,13-15H2,1-3H3,(H,26,33)(H,27,32)(H,28,31). The summed E-state index contributed by atoms with van der Waals surface area (Å²) in [7, 11) is 0. The molecular formula is C25H30N4O4. The molecule has 0 aromatic heterocycles. The molecule has 2 aromatic carbocycles. The molecule has 8 heteroatoms. The fraction of sp³-hybridized carbons (Fsp3) is 0.360. The Balaban J connectivity index is 1.62. The summed E-state index contributed by atoms with van der Waals surface area (Å²) in [5.74, 6) is -1.22. The van der Waals surface area contributed by atoms with Crippen molar-refractivity contribution in [2.24, 2.45) is 5.92 Å². The van der Waals surface area contributed by atoms with Gasteiger partial charge in [-0.3, -0.25) is 19.2 Å². The van der Waals surface area contributed by atoms with E-state index in [4.69, 9.17) is 0 Å². The van der Waals surface area contributed by atoms with Crippen LogP contribution in [0.25, 0.3) is 0 Å². The van der Waals surface area contributed by atoms with E-state index in [1.54, 1.807) is 53.4 Å². The largest absolute Gasteiger partial charge is 0.352 e. The number of anilines is 2. The summed E-state index contributed by atoms with van der Waals surface area (Å²) in [6, 6.07) is 13.4. The second kappa shape index (κ2) is 10.8. The minimum absolute atomic E-state index is 0.0131. The molecule has 1 atom stereocenters. The predicted octanol–water partition coefficient (Wildman–Crippen LogP) is 3.27. The van der Waals surface area contributed by atoms with Crippen LogP contribution in [0.15, 0.2) is 48.5 Å². The van der Waals surface area contributed by atoms with Crippen LogP contribution in [-0.2, 0) is 9.59 Å². The zero-order valence-corrected chi connectivity index (χ0v) is 19.2. The molecule has 0 spiro atoms. The second-order valence-corrected chi connectivity index (χ2v) is 8.36. The maximum Gasteiger partial charge on any atom is 0.255 e. The Morgan fingerprint density at radius 2 is 1.70 bits per heavy atom. The van der Waals surface area contributed by atoms with Crippen LogP contribution in [-0.4, -0.2) is 47.7 Å². The summed E-state index contributed by atoms with van der Waals surface area (Å²) in [5.41, 5.74) is 1.75. The number of nitrogens with zero attached hydrogens (tertiary/aromatic N) is 1. The summed E-state index contributed by atoms with van der Waals surface area (Å²) in [4.78, 5) is 51.4. The van der Waals surface area contributed by atoms with E-state index in [1.165, 1.54) is 0 Å². The number of nitrogens with one attached hydrogen (secondary N) is 3. The van der Waals surface area contributed by atoms with Crippen molar-refractivity contribution in [1.82, 2.24) is 10.2 Å². The van der Waals surface area contributed by atoms with Crippen molar-refractivity contribution in [1.29, 1.82) is 0 Å². The summed E-state index contributed by atoms with van der Waals surface area (Å²) in [6.45, 7) is 6.79. The highest BCUT2D eigenvalue weighted by Gasteiger charge is 2.35. The van der Waals surface area contributed by atoms with Crippen molar-refractivity contribution in [2.45, 2.75) is 39.7 Å². The van der Waals surface area contributed by atoms with Crippen LogP contribution in [0.4, 0.5) is 11.4 Å². The molecule has 1 unspecified atom stereocenters. The molecule has 0 radical (unpaired) electrons. The van der Waals surface area contributed by atoms with E-state index in [0.29, 0.717) is 35.6 Å². The number of hydrogen-bond acceptors (Lipinski definition) is 4. The molecule has 8 nitrogen and oxygen atoms in total. The highest BCUT2D eigenvalue weighted by Crippen LogP contribution is 2.22.